The van der Waals surface area contributed by atoms with Crippen molar-refractivity contribution in [1.82, 2.24) is 0 Å². The van der Waals surface area contributed by atoms with Crippen LogP contribution >= 0.6 is 0 Å². The zero-order valence-electron chi connectivity index (χ0n) is 14.9. The monoisotopic (exact) mass is 315 g/mol. The van der Waals surface area contributed by atoms with Crippen LogP contribution in [-0.2, 0) is 0 Å². The molecule has 0 heterocycles. The lowest BCUT2D eigenvalue weighted by atomic mass is 10.1. The fraction of sp³-hybridized carbons (Fsp3) is 0.524. The fourth-order valence-corrected chi connectivity index (χ4v) is 2.92. The van der Waals surface area contributed by atoms with E-state index in [1.165, 1.54) is 43.5 Å². The third-order valence-electron chi connectivity index (χ3n) is 4.07. The summed E-state index contributed by atoms with van der Waals surface area (Å²) in [6, 6.07) is 11.0. The average molecular weight is 316 g/mol. The molecule has 1 aromatic rings. The van der Waals surface area contributed by atoms with Crippen LogP contribution in [0.2, 0.25) is 0 Å². The van der Waals surface area contributed by atoms with Gasteiger partial charge in [-0.3, -0.25) is 0 Å². The predicted molar refractivity (Wildman–Crippen MR) is 102 cm³/mol. The maximum absolute atomic E-state index is 9.04. The predicted octanol–water partition coefficient (Wildman–Crippen LogP) is 6.61. The molecule has 0 saturated heterocycles. The van der Waals surface area contributed by atoms with Crippen LogP contribution in [0.25, 0.3) is 0 Å². The molecule has 0 aliphatic carbocycles. The molecule has 0 unspecified atom stereocenters. The van der Waals surface area contributed by atoms with Gasteiger partial charge in [0.2, 0.25) is 0 Å². The van der Waals surface area contributed by atoms with Crippen molar-refractivity contribution >= 4 is 5.69 Å². The number of aliphatic hydroxyl groups excluding tert-OH is 1. The van der Waals surface area contributed by atoms with Gasteiger partial charge in [0.1, 0.15) is 0 Å². The molecule has 23 heavy (non-hydrogen) atoms. The van der Waals surface area contributed by atoms with E-state index in [4.69, 9.17) is 5.11 Å². The van der Waals surface area contributed by atoms with Gasteiger partial charge in [-0.25, -0.2) is 0 Å². The van der Waals surface area contributed by atoms with Gasteiger partial charge in [-0.1, -0.05) is 57.0 Å². The van der Waals surface area contributed by atoms with Crippen LogP contribution in [0.5, 0.6) is 0 Å². The quantitative estimate of drug-likeness (QED) is 0.346. The minimum atomic E-state index is 0.316. The van der Waals surface area contributed by atoms with Gasteiger partial charge < -0.3 is 10.0 Å². The summed E-state index contributed by atoms with van der Waals surface area (Å²) in [5.74, 6) is 0.316. The van der Waals surface area contributed by atoms with Crippen molar-refractivity contribution in [2.45, 2.75) is 71.3 Å². The molecule has 0 radical (unpaired) electrons. The third-order valence-corrected chi connectivity index (χ3v) is 4.07. The van der Waals surface area contributed by atoms with Gasteiger partial charge in [-0.05, 0) is 45.2 Å². The number of unbranched alkanes of at least 4 members (excludes halogenated alkanes) is 5. The smallest absolute Gasteiger partial charge is 0.0851 e. The Balaban J connectivity index is 2.25. The van der Waals surface area contributed by atoms with Crippen molar-refractivity contribution in [2.75, 3.05) is 4.90 Å². The van der Waals surface area contributed by atoms with Crippen LogP contribution in [0.1, 0.15) is 65.2 Å². The molecule has 0 bridgehead atoms. The van der Waals surface area contributed by atoms with Gasteiger partial charge in [-0.2, -0.15) is 0 Å². The van der Waals surface area contributed by atoms with Crippen LogP contribution < -0.4 is 4.90 Å². The van der Waals surface area contributed by atoms with Crippen LogP contribution in [0, 0.1) is 0 Å². The molecule has 1 N–H and O–H groups in total. The second-order valence-corrected chi connectivity index (χ2v) is 6.55. The first-order chi connectivity index (χ1) is 11.0. The van der Waals surface area contributed by atoms with E-state index in [2.05, 4.69) is 62.2 Å². The molecule has 128 valence electrons. The number of hydrogen-bond acceptors (Lipinski definition) is 2. The van der Waals surface area contributed by atoms with Gasteiger partial charge in [0, 0.05) is 23.8 Å². The molecule has 1 rings (SSSR count). The van der Waals surface area contributed by atoms with Crippen LogP contribution in [-0.4, -0.2) is 11.1 Å². The minimum absolute atomic E-state index is 0.316. The lowest BCUT2D eigenvalue weighted by molar-refractivity contribution is 0.383. The van der Waals surface area contributed by atoms with Crippen molar-refractivity contribution in [3.8, 4) is 0 Å². The molecule has 2 nitrogen and oxygen atoms in total. The second-order valence-electron chi connectivity index (χ2n) is 6.55. The number of rotatable bonds is 12. The van der Waals surface area contributed by atoms with Gasteiger partial charge in [-0.15, -0.1) is 0 Å². The number of para-hydroxylation sites is 1. The number of benzene rings is 1. The van der Waals surface area contributed by atoms with Crippen molar-refractivity contribution in [1.29, 1.82) is 0 Å². The van der Waals surface area contributed by atoms with Crippen molar-refractivity contribution in [2.24, 2.45) is 0 Å². The Hall–Kier alpha value is -1.70. The molecule has 0 fully saturated rings. The fourth-order valence-electron chi connectivity index (χ4n) is 2.92. The van der Waals surface area contributed by atoms with Crippen molar-refractivity contribution in [3.05, 3.63) is 54.9 Å². The Bertz CT molecular complexity index is 464. The summed E-state index contributed by atoms with van der Waals surface area (Å²) < 4.78 is 0. The molecule has 1 aromatic carbocycles. The summed E-state index contributed by atoms with van der Waals surface area (Å²) in [5, 5.41) is 9.04. The Kier molecular flexibility index (Phi) is 9.20. The Morgan fingerprint density at radius 2 is 1.43 bits per heavy atom. The number of allylic oxidation sites excluding steroid dienone is 2. The molecule has 2 heteroatoms. The van der Waals surface area contributed by atoms with Crippen molar-refractivity contribution in [3.63, 3.8) is 0 Å². The maximum atomic E-state index is 9.04. The van der Waals surface area contributed by atoms with Crippen LogP contribution in [0.4, 0.5) is 5.69 Å². The largest absolute Gasteiger partial charge is 0.513 e. The average Bonchev–Trinajstić information content (AvgIpc) is 2.50. The first-order valence-corrected chi connectivity index (χ1v) is 8.91. The third kappa shape index (κ3) is 7.92. The molecule has 0 saturated carbocycles. The van der Waals surface area contributed by atoms with Gasteiger partial charge >= 0.3 is 0 Å². The maximum Gasteiger partial charge on any atom is 0.0851 e. The molecular formula is C21H33NO. The summed E-state index contributed by atoms with van der Waals surface area (Å²) in [5.41, 5.74) is 2.44. The normalized spacial score (nSPS) is 10.7. The zero-order valence-corrected chi connectivity index (χ0v) is 14.9. The van der Waals surface area contributed by atoms with E-state index in [1.807, 2.05) is 0 Å². The topological polar surface area (TPSA) is 23.5 Å². The number of nitrogens with zero attached hydrogens (tertiary/aromatic N) is 1. The van der Waals surface area contributed by atoms with E-state index in [9.17, 15) is 0 Å². The second kappa shape index (κ2) is 10.9. The van der Waals surface area contributed by atoms with E-state index in [0.717, 1.165) is 19.3 Å². The highest BCUT2D eigenvalue weighted by Gasteiger charge is 2.13. The Labute approximate surface area is 142 Å². The Morgan fingerprint density at radius 3 is 1.96 bits per heavy atom. The van der Waals surface area contributed by atoms with E-state index < -0.39 is 0 Å². The number of aliphatic hydroxyl groups is 1. The lowest BCUT2D eigenvalue weighted by Crippen LogP contribution is -2.29. The highest BCUT2D eigenvalue weighted by molar-refractivity contribution is 5.52. The SMILES string of the molecule is C=C(O)CCCCCCCCC(=C)N(c1ccccc1)C(C)C. The van der Waals surface area contributed by atoms with E-state index in [1.54, 1.807) is 0 Å². The zero-order chi connectivity index (χ0) is 17.1. The van der Waals surface area contributed by atoms with Crippen molar-refractivity contribution < 1.29 is 5.11 Å². The highest BCUT2D eigenvalue weighted by Crippen LogP contribution is 2.24. The summed E-state index contributed by atoms with van der Waals surface area (Å²) >= 11 is 0. The lowest BCUT2D eigenvalue weighted by Gasteiger charge is -2.31. The van der Waals surface area contributed by atoms with Gasteiger partial charge in [0.25, 0.3) is 0 Å². The molecule has 0 aliphatic rings. The summed E-state index contributed by atoms with van der Waals surface area (Å²) in [6.07, 6.45) is 8.99. The molecule has 0 atom stereocenters. The van der Waals surface area contributed by atoms with E-state index in [0.29, 0.717) is 11.8 Å². The molecular weight excluding hydrogens is 282 g/mol. The summed E-state index contributed by atoms with van der Waals surface area (Å²) in [4.78, 5) is 2.34. The number of hydrogen-bond donors (Lipinski definition) is 1. The number of anilines is 1. The highest BCUT2D eigenvalue weighted by atomic mass is 16.3. The molecule has 0 spiro atoms. The Morgan fingerprint density at radius 1 is 0.913 bits per heavy atom. The van der Waals surface area contributed by atoms with Crippen LogP contribution in [0.3, 0.4) is 0 Å². The van der Waals surface area contributed by atoms with E-state index >= 15 is 0 Å². The minimum Gasteiger partial charge on any atom is -0.513 e. The summed E-state index contributed by atoms with van der Waals surface area (Å²) in [6.45, 7) is 12.3. The standard InChI is InChI=1S/C21H33NO/c1-18(2)22(21-16-12-9-13-17-21)19(3)14-10-7-5-6-8-11-15-20(4)23/h9,12-13,16-18,23H,3-8,10-11,14-15H2,1-2H3. The van der Waals surface area contributed by atoms with Gasteiger partial charge in [0.05, 0.1) is 5.76 Å². The summed E-state index contributed by atoms with van der Waals surface area (Å²) in [7, 11) is 0. The van der Waals surface area contributed by atoms with Crippen LogP contribution in [0.15, 0.2) is 54.9 Å². The first-order valence-electron chi connectivity index (χ1n) is 8.91. The molecule has 0 amide bonds. The van der Waals surface area contributed by atoms with Gasteiger partial charge in [0.15, 0.2) is 0 Å². The first kappa shape index (κ1) is 19.3. The molecule has 0 aromatic heterocycles. The van der Waals surface area contributed by atoms with E-state index in [-0.39, 0.29) is 0 Å². The molecule has 0 aliphatic heterocycles.